The lowest BCUT2D eigenvalue weighted by Crippen LogP contribution is -2.58. The van der Waals surface area contributed by atoms with E-state index in [4.69, 9.17) is 11.5 Å². The van der Waals surface area contributed by atoms with Crippen LogP contribution in [0.1, 0.15) is 42.5 Å². The van der Waals surface area contributed by atoms with Gasteiger partial charge in [0.15, 0.2) is 5.13 Å². The van der Waals surface area contributed by atoms with Crippen molar-refractivity contribution < 1.29 is 4.79 Å². The van der Waals surface area contributed by atoms with E-state index in [-0.39, 0.29) is 17.8 Å². The third-order valence-electron chi connectivity index (χ3n) is 4.89. The maximum atomic E-state index is 12.9. The number of guanidine groups is 2. The van der Waals surface area contributed by atoms with Crippen molar-refractivity contribution in [2.24, 2.45) is 21.5 Å². The molecule has 1 aromatic heterocycles. The molecule has 0 bridgehead atoms. The topological polar surface area (TPSA) is 122 Å². The van der Waals surface area contributed by atoms with Crippen molar-refractivity contribution in [3.05, 3.63) is 41.4 Å². The molecule has 0 atom stereocenters. The Kier molecular flexibility index (Phi) is 4.53. The summed E-state index contributed by atoms with van der Waals surface area (Å²) in [6.45, 7) is 0. The summed E-state index contributed by atoms with van der Waals surface area (Å²) in [6.07, 6.45) is 6.46. The Hall–Kier alpha value is -2.94. The van der Waals surface area contributed by atoms with E-state index in [0.717, 1.165) is 32.1 Å². The zero-order valence-electron chi connectivity index (χ0n) is 14.8. The summed E-state index contributed by atoms with van der Waals surface area (Å²) in [5.41, 5.74) is 12.8. The van der Waals surface area contributed by atoms with E-state index in [9.17, 15) is 4.79 Å². The van der Waals surface area contributed by atoms with Gasteiger partial charge in [-0.15, -0.1) is 11.3 Å². The Balaban J connectivity index is 1.75. The minimum atomic E-state index is -0.592. The number of aromatic nitrogens is 1. The van der Waals surface area contributed by atoms with Gasteiger partial charge in [-0.3, -0.25) is 15.0 Å². The first-order valence-corrected chi connectivity index (χ1v) is 9.77. The molecule has 2 heterocycles. The number of hydrogen-bond acceptors (Lipinski definition) is 8. The molecule has 27 heavy (non-hydrogen) atoms. The van der Waals surface area contributed by atoms with Crippen molar-refractivity contribution in [2.75, 3.05) is 10.2 Å². The monoisotopic (exact) mass is 383 g/mol. The van der Waals surface area contributed by atoms with Crippen molar-refractivity contribution >= 4 is 40.0 Å². The second-order valence-corrected chi connectivity index (χ2v) is 7.52. The summed E-state index contributed by atoms with van der Waals surface area (Å²) in [6, 6.07) is 7.33. The Morgan fingerprint density at radius 3 is 2.70 bits per heavy atom. The van der Waals surface area contributed by atoms with E-state index < -0.39 is 5.66 Å². The van der Waals surface area contributed by atoms with Gasteiger partial charge in [-0.2, -0.15) is 4.99 Å². The minimum absolute atomic E-state index is 0.190. The number of nitrogens with one attached hydrogen (secondary N) is 1. The molecule has 1 saturated carbocycles. The number of benzene rings is 1. The van der Waals surface area contributed by atoms with Crippen LogP contribution in [-0.4, -0.2) is 28.5 Å². The first-order valence-electron chi connectivity index (χ1n) is 8.89. The van der Waals surface area contributed by atoms with Gasteiger partial charge in [-0.05, 0) is 37.8 Å². The molecule has 1 spiro atoms. The number of nitrogens with two attached hydrogens (primary N) is 2. The molecule has 1 aliphatic heterocycles. The molecular formula is C18H21N7OS. The molecule has 4 rings (SSSR count). The predicted molar refractivity (Wildman–Crippen MR) is 108 cm³/mol. The van der Waals surface area contributed by atoms with Gasteiger partial charge < -0.3 is 11.5 Å². The molecule has 1 aliphatic carbocycles. The van der Waals surface area contributed by atoms with E-state index >= 15 is 0 Å². The number of hydrogen-bond donors (Lipinski definition) is 3. The zero-order valence-corrected chi connectivity index (χ0v) is 15.6. The van der Waals surface area contributed by atoms with Crippen molar-refractivity contribution in [3.8, 4) is 0 Å². The molecule has 0 saturated heterocycles. The number of carbonyl (C=O) groups excluding carboxylic acids is 1. The second kappa shape index (κ2) is 6.99. The molecule has 9 heteroatoms. The Labute approximate surface area is 161 Å². The standard InChI is InChI=1S/C18H21N7OS/c19-15-23-16(20)25(18(24-15)8-4-1-5-9-18)13-7-3-2-6-12(13)14(26)22-17-21-10-11-27-17/h2-3,6-7,10-11H,1,4-5,8-9H2,(H,21,22,26)(H4,19,20,23,24). The highest BCUT2D eigenvalue weighted by atomic mass is 32.1. The van der Waals surface area contributed by atoms with E-state index in [0.29, 0.717) is 16.4 Å². The number of thiazole rings is 1. The average Bonchev–Trinajstić information content (AvgIpc) is 3.15. The van der Waals surface area contributed by atoms with Gasteiger partial charge in [0, 0.05) is 11.6 Å². The number of amides is 1. The number of nitrogens with zero attached hydrogens (tertiary/aromatic N) is 4. The van der Waals surface area contributed by atoms with Crippen LogP contribution in [0.4, 0.5) is 10.8 Å². The van der Waals surface area contributed by atoms with Crippen molar-refractivity contribution in [1.29, 1.82) is 0 Å². The summed E-state index contributed by atoms with van der Waals surface area (Å²) in [5.74, 6) is 0.205. The van der Waals surface area contributed by atoms with Crippen LogP contribution in [0.2, 0.25) is 0 Å². The highest BCUT2D eigenvalue weighted by Gasteiger charge is 2.43. The van der Waals surface area contributed by atoms with Crippen LogP contribution in [0, 0.1) is 0 Å². The summed E-state index contributed by atoms with van der Waals surface area (Å²) in [7, 11) is 0. The Morgan fingerprint density at radius 1 is 1.19 bits per heavy atom. The van der Waals surface area contributed by atoms with Crippen LogP contribution in [0.25, 0.3) is 0 Å². The maximum absolute atomic E-state index is 12.9. The molecule has 2 aliphatic rings. The van der Waals surface area contributed by atoms with E-state index in [1.165, 1.54) is 11.3 Å². The average molecular weight is 383 g/mol. The Morgan fingerprint density at radius 2 is 1.96 bits per heavy atom. The van der Waals surface area contributed by atoms with Crippen LogP contribution < -0.4 is 21.7 Å². The highest BCUT2D eigenvalue weighted by molar-refractivity contribution is 7.13. The molecule has 8 nitrogen and oxygen atoms in total. The van der Waals surface area contributed by atoms with Gasteiger partial charge in [0.1, 0.15) is 5.66 Å². The van der Waals surface area contributed by atoms with Crippen molar-refractivity contribution in [2.45, 2.75) is 37.8 Å². The van der Waals surface area contributed by atoms with Crippen LogP contribution >= 0.6 is 11.3 Å². The molecule has 5 N–H and O–H groups in total. The normalized spacial score (nSPS) is 18.7. The minimum Gasteiger partial charge on any atom is -0.369 e. The van der Waals surface area contributed by atoms with E-state index in [2.05, 4.69) is 20.3 Å². The SMILES string of the molecule is NC1=NC2(CCCCC2)N(c2ccccc2C(=O)Nc2nccs2)C(N)=N1. The van der Waals surface area contributed by atoms with E-state index in [1.807, 2.05) is 28.5 Å². The lowest BCUT2D eigenvalue weighted by Gasteiger charge is -2.46. The quantitative estimate of drug-likeness (QED) is 0.752. The summed E-state index contributed by atoms with van der Waals surface area (Å²) in [5, 5.41) is 5.19. The smallest absolute Gasteiger partial charge is 0.259 e. The molecule has 1 amide bonds. The molecule has 0 unspecified atom stereocenters. The second-order valence-electron chi connectivity index (χ2n) is 6.63. The van der Waals surface area contributed by atoms with E-state index in [1.54, 1.807) is 12.3 Å². The lowest BCUT2D eigenvalue weighted by molar-refractivity contribution is 0.102. The fourth-order valence-electron chi connectivity index (χ4n) is 3.78. The number of aliphatic imine (C=N–C) groups is 2. The van der Waals surface area contributed by atoms with Crippen LogP contribution in [0.5, 0.6) is 0 Å². The summed E-state index contributed by atoms with van der Waals surface area (Å²) >= 11 is 1.37. The van der Waals surface area contributed by atoms with Gasteiger partial charge >= 0.3 is 0 Å². The summed E-state index contributed by atoms with van der Waals surface area (Å²) < 4.78 is 0. The number of rotatable bonds is 3. The van der Waals surface area contributed by atoms with Crippen LogP contribution in [0.15, 0.2) is 45.8 Å². The Bertz CT molecular complexity index is 900. The highest BCUT2D eigenvalue weighted by Crippen LogP contribution is 2.40. The summed E-state index contributed by atoms with van der Waals surface area (Å²) in [4.78, 5) is 27.7. The number of anilines is 2. The van der Waals surface area contributed by atoms with Crippen molar-refractivity contribution in [1.82, 2.24) is 4.98 Å². The lowest BCUT2D eigenvalue weighted by atomic mass is 9.87. The molecule has 1 aromatic carbocycles. The van der Waals surface area contributed by atoms with Gasteiger partial charge in [0.25, 0.3) is 5.91 Å². The number of carbonyl (C=O) groups is 1. The molecule has 2 aromatic rings. The third kappa shape index (κ3) is 3.25. The molecule has 0 radical (unpaired) electrons. The van der Waals surface area contributed by atoms with Gasteiger partial charge in [-0.25, -0.2) is 9.98 Å². The predicted octanol–water partition coefficient (Wildman–Crippen LogP) is 2.51. The number of para-hydroxylation sites is 1. The largest absolute Gasteiger partial charge is 0.369 e. The molecule has 1 fully saturated rings. The molecular weight excluding hydrogens is 362 g/mol. The van der Waals surface area contributed by atoms with Crippen LogP contribution in [0.3, 0.4) is 0 Å². The molecule has 140 valence electrons. The third-order valence-corrected chi connectivity index (χ3v) is 5.58. The first-order chi connectivity index (χ1) is 13.1. The van der Waals surface area contributed by atoms with Gasteiger partial charge in [0.05, 0.1) is 11.3 Å². The fraction of sp³-hybridized carbons (Fsp3) is 0.333. The van der Waals surface area contributed by atoms with Gasteiger partial charge in [0.2, 0.25) is 11.9 Å². The first kappa shape index (κ1) is 17.5. The van der Waals surface area contributed by atoms with Crippen LogP contribution in [-0.2, 0) is 0 Å². The maximum Gasteiger partial charge on any atom is 0.259 e. The van der Waals surface area contributed by atoms with Crippen molar-refractivity contribution in [3.63, 3.8) is 0 Å². The van der Waals surface area contributed by atoms with Gasteiger partial charge in [-0.1, -0.05) is 18.6 Å². The fourth-order valence-corrected chi connectivity index (χ4v) is 4.30. The zero-order chi connectivity index (χ0) is 18.9.